The van der Waals surface area contributed by atoms with Crippen molar-refractivity contribution in [3.63, 3.8) is 0 Å². The highest BCUT2D eigenvalue weighted by molar-refractivity contribution is 6.74. The molecule has 0 heterocycles. The summed E-state index contributed by atoms with van der Waals surface area (Å²) >= 11 is 0. The molecule has 0 bridgehead atoms. The molecule has 4 nitrogen and oxygen atoms in total. The zero-order valence-corrected chi connectivity index (χ0v) is 21.4. The minimum atomic E-state index is -1.94. The Labute approximate surface area is 185 Å². The van der Waals surface area contributed by atoms with E-state index < -0.39 is 8.32 Å². The van der Waals surface area contributed by atoms with Gasteiger partial charge in [-0.15, -0.1) is 0 Å². The third-order valence-electron chi connectivity index (χ3n) is 6.03. The van der Waals surface area contributed by atoms with Crippen LogP contribution < -0.4 is 9.16 Å². The van der Waals surface area contributed by atoms with Crippen LogP contribution in [0.25, 0.3) is 0 Å². The smallest absolute Gasteiger partial charge is 0.306 e. The van der Waals surface area contributed by atoms with Crippen molar-refractivity contribution in [1.29, 1.82) is 0 Å². The number of esters is 1. The van der Waals surface area contributed by atoms with Crippen molar-refractivity contribution in [3.05, 3.63) is 23.8 Å². The Morgan fingerprint density at radius 3 is 2.10 bits per heavy atom. The van der Waals surface area contributed by atoms with Gasteiger partial charge in [0.25, 0.3) is 8.32 Å². The van der Waals surface area contributed by atoms with Crippen molar-refractivity contribution < 1.29 is 18.7 Å². The standard InChI is InChI=1S/C25H44O4Si/c1-8-9-10-11-12-13-14-15-16-24(26)28-20-21-17-18-22(23(19-21)27-5)29-30(6,7)25(2,3)4/h17-19H,8-16,20H2,1-7H3. The highest BCUT2D eigenvalue weighted by atomic mass is 28.4. The average molecular weight is 437 g/mol. The van der Waals surface area contributed by atoms with Gasteiger partial charge in [0.2, 0.25) is 0 Å². The number of hydrogen-bond donors (Lipinski definition) is 0. The molecule has 1 rings (SSSR count). The van der Waals surface area contributed by atoms with Crippen molar-refractivity contribution in [2.45, 2.75) is 110 Å². The van der Waals surface area contributed by atoms with Crippen LogP contribution in [0.2, 0.25) is 18.1 Å². The molecule has 0 amide bonds. The number of methoxy groups -OCH3 is 1. The van der Waals surface area contributed by atoms with Crippen LogP contribution >= 0.6 is 0 Å². The number of unbranched alkanes of at least 4 members (excludes halogenated alkanes) is 7. The lowest BCUT2D eigenvalue weighted by molar-refractivity contribution is -0.145. The zero-order valence-electron chi connectivity index (χ0n) is 20.4. The Balaban J connectivity index is 2.43. The molecule has 0 fully saturated rings. The second-order valence-electron chi connectivity index (χ2n) is 9.73. The van der Waals surface area contributed by atoms with Gasteiger partial charge in [-0.2, -0.15) is 0 Å². The van der Waals surface area contributed by atoms with Gasteiger partial charge in [0.1, 0.15) is 12.4 Å². The van der Waals surface area contributed by atoms with Crippen LogP contribution in [0.1, 0.15) is 91.0 Å². The first kappa shape index (κ1) is 26.5. The summed E-state index contributed by atoms with van der Waals surface area (Å²) in [6.07, 6.45) is 10.3. The second-order valence-corrected chi connectivity index (χ2v) is 14.5. The highest BCUT2D eigenvalue weighted by Crippen LogP contribution is 2.40. The van der Waals surface area contributed by atoms with Crippen molar-refractivity contribution in [1.82, 2.24) is 0 Å². The molecule has 172 valence electrons. The van der Waals surface area contributed by atoms with Gasteiger partial charge in [0.15, 0.2) is 5.75 Å². The summed E-state index contributed by atoms with van der Waals surface area (Å²) in [6.45, 7) is 13.6. The molecule has 0 spiro atoms. The molecule has 5 heteroatoms. The monoisotopic (exact) mass is 436 g/mol. The van der Waals surface area contributed by atoms with Gasteiger partial charge in [0.05, 0.1) is 7.11 Å². The lowest BCUT2D eigenvalue weighted by atomic mass is 10.1. The van der Waals surface area contributed by atoms with E-state index in [2.05, 4.69) is 40.8 Å². The topological polar surface area (TPSA) is 44.8 Å². The molecule has 0 aliphatic carbocycles. The van der Waals surface area contributed by atoms with Gasteiger partial charge >= 0.3 is 5.97 Å². The van der Waals surface area contributed by atoms with E-state index in [0.29, 0.717) is 12.2 Å². The molecule has 0 N–H and O–H groups in total. The summed E-state index contributed by atoms with van der Waals surface area (Å²) in [4.78, 5) is 12.0. The molecule has 0 unspecified atom stereocenters. The van der Waals surface area contributed by atoms with Gasteiger partial charge in [-0.1, -0.05) is 78.7 Å². The largest absolute Gasteiger partial charge is 0.541 e. The fourth-order valence-corrected chi connectivity index (χ4v) is 3.98. The van der Waals surface area contributed by atoms with Gasteiger partial charge in [-0.25, -0.2) is 0 Å². The molecule has 0 saturated heterocycles. The first-order valence-electron chi connectivity index (χ1n) is 11.6. The molecule has 1 aromatic rings. The lowest BCUT2D eigenvalue weighted by Crippen LogP contribution is -2.43. The summed E-state index contributed by atoms with van der Waals surface area (Å²) in [5.41, 5.74) is 0.915. The summed E-state index contributed by atoms with van der Waals surface area (Å²) < 4.78 is 17.4. The quantitative estimate of drug-likeness (QED) is 0.171. The Kier molecular flexibility index (Phi) is 11.5. The normalized spacial score (nSPS) is 12.0. The van der Waals surface area contributed by atoms with Crippen molar-refractivity contribution in [2.24, 2.45) is 0 Å². The van der Waals surface area contributed by atoms with Crippen LogP contribution in [-0.2, 0) is 16.1 Å². The summed E-state index contributed by atoms with van der Waals surface area (Å²) in [5.74, 6) is 1.33. The SMILES string of the molecule is CCCCCCCCCCC(=O)OCc1ccc(O[Si](C)(C)C(C)(C)C)c(OC)c1. The number of ether oxygens (including phenoxy) is 2. The van der Waals surface area contributed by atoms with E-state index in [1.165, 1.54) is 38.5 Å². The molecule has 0 radical (unpaired) electrons. The van der Waals surface area contributed by atoms with E-state index in [1.54, 1.807) is 7.11 Å². The van der Waals surface area contributed by atoms with Gasteiger partial charge in [-0.05, 0) is 42.2 Å². The van der Waals surface area contributed by atoms with Crippen LogP contribution in [0.3, 0.4) is 0 Å². The fraction of sp³-hybridized carbons (Fsp3) is 0.720. The van der Waals surface area contributed by atoms with Crippen LogP contribution in [0, 0.1) is 0 Å². The molecular formula is C25H44O4Si. The summed E-state index contributed by atoms with van der Waals surface area (Å²) in [7, 11) is -0.300. The average Bonchev–Trinajstić information content (AvgIpc) is 2.68. The van der Waals surface area contributed by atoms with Crippen molar-refractivity contribution in [2.75, 3.05) is 7.11 Å². The molecule has 30 heavy (non-hydrogen) atoms. The number of hydrogen-bond acceptors (Lipinski definition) is 4. The van der Waals surface area contributed by atoms with E-state index in [1.807, 2.05) is 18.2 Å². The first-order chi connectivity index (χ1) is 14.1. The molecule has 0 aliphatic heterocycles. The van der Waals surface area contributed by atoms with Crippen LogP contribution in [0.4, 0.5) is 0 Å². The van der Waals surface area contributed by atoms with Gasteiger partial charge < -0.3 is 13.9 Å². The Hall–Kier alpha value is -1.49. The maximum absolute atomic E-state index is 12.0. The van der Waals surface area contributed by atoms with E-state index >= 15 is 0 Å². The third-order valence-corrected chi connectivity index (χ3v) is 10.4. The van der Waals surface area contributed by atoms with Gasteiger partial charge in [-0.3, -0.25) is 4.79 Å². The Morgan fingerprint density at radius 1 is 0.933 bits per heavy atom. The predicted octanol–water partition coefficient (Wildman–Crippen LogP) is 7.65. The molecule has 0 saturated carbocycles. The minimum absolute atomic E-state index is 0.113. The van der Waals surface area contributed by atoms with Crippen LogP contribution in [-0.4, -0.2) is 21.4 Å². The Bertz CT molecular complexity index is 635. The van der Waals surface area contributed by atoms with E-state index in [-0.39, 0.29) is 17.6 Å². The maximum Gasteiger partial charge on any atom is 0.306 e. The van der Waals surface area contributed by atoms with E-state index in [4.69, 9.17) is 13.9 Å². The second kappa shape index (κ2) is 13.0. The number of rotatable bonds is 14. The molecule has 0 aliphatic rings. The summed E-state index contributed by atoms with van der Waals surface area (Å²) in [6, 6.07) is 5.79. The molecular weight excluding hydrogens is 392 g/mol. The van der Waals surface area contributed by atoms with Crippen molar-refractivity contribution >= 4 is 14.3 Å². The molecule has 0 atom stereocenters. The van der Waals surface area contributed by atoms with Crippen LogP contribution in [0.15, 0.2) is 18.2 Å². The predicted molar refractivity (Wildman–Crippen MR) is 128 cm³/mol. The number of carbonyl (C=O) groups is 1. The van der Waals surface area contributed by atoms with E-state index in [9.17, 15) is 4.79 Å². The van der Waals surface area contributed by atoms with Crippen LogP contribution in [0.5, 0.6) is 11.5 Å². The number of carbonyl (C=O) groups excluding carboxylic acids is 1. The van der Waals surface area contributed by atoms with Crippen molar-refractivity contribution in [3.8, 4) is 11.5 Å². The highest BCUT2D eigenvalue weighted by Gasteiger charge is 2.39. The third kappa shape index (κ3) is 9.54. The molecule has 1 aromatic carbocycles. The summed E-state index contributed by atoms with van der Waals surface area (Å²) in [5, 5.41) is 0.113. The maximum atomic E-state index is 12.0. The van der Waals surface area contributed by atoms with E-state index in [0.717, 1.165) is 24.2 Å². The first-order valence-corrected chi connectivity index (χ1v) is 14.5. The lowest BCUT2D eigenvalue weighted by Gasteiger charge is -2.36. The zero-order chi connectivity index (χ0) is 22.6. The van der Waals surface area contributed by atoms with Gasteiger partial charge in [0, 0.05) is 6.42 Å². The Morgan fingerprint density at radius 2 is 1.53 bits per heavy atom. The fourth-order valence-electron chi connectivity index (χ4n) is 2.95. The minimum Gasteiger partial charge on any atom is -0.541 e. The molecule has 0 aromatic heterocycles. The number of benzene rings is 1.